The monoisotopic (exact) mass is 296 g/mol. The lowest BCUT2D eigenvalue weighted by Crippen LogP contribution is -2.13. The molecule has 1 aromatic carbocycles. The molecule has 0 spiro atoms. The largest absolute Gasteiger partial charge is 0.438 e. The molecule has 3 N–H and O–H groups in total. The van der Waals surface area contributed by atoms with E-state index in [1.54, 1.807) is 6.07 Å². The summed E-state index contributed by atoms with van der Waals surface area (Å²) in [5, 5.41) is 0.0356. The summed E-state index contributed by atoms with van der Waals surface area (Å²) in [4.78, 5) is 8.10. The second kappa shape index (κ2) is 6.02. The van der Waals surface area contributed by atoms with Gasteiger partial charge in [0, 0.05) is 6.07 Å². The van der Waals surface area contributed by atoms with Crippen molar-refractivity contribution in [1.29, 1.82) is 0 Å². The van der Waals surface area contributed by atoms with Crippen LogP contribution in [0.25, 0.3) is 0 Å². The Bertz CT molecular complexity index is 621. The van der Waals surface area contributed by atoms with Crippen LogP contribution in [0.1, 0.15) is 25.3 Å². The van der Waals surface area contributed by atoms with Gasteiger partial charge in [0.1, 0.15) is 17.9 Å². The van der Waals surface area contributed by atoms with Crippen molar-refractivity contribution in [1.82, 2.24) is 9.97 Å². The van der Waals surface area contributed by atoms with Crippen LogP contribution in [0, 0.1) is 5.82 Å². The van der Waals surface area contributed by atoms with E-state index in [1.165, 1.54) is 18.5 Å². The minimum absolute atomic E-state index is 0.0356. The average Bonchev–Trinajstić information content (AvgIpc) is 2.42. The van der Waals surface area contributed by atoms with Crippen LogP contribution in [-0.2, 0) is 0 Å². The van der Waals surface area contributed by atoms with E-state index in [2.05, 4.69) is 15.4 Å². The summed E-state index contributed by atoms with van der Waals surface area (Å²) in [6.07, 6.45) is 1.32. The van der Waals surface area contributed by atoms with Crippen molar-refractivity contribution in [2.75, 3.05) is 5.43 Å². The number of rotatable bonds is 4. The smallest absolute Gasteiger partial charge is 0.227 e. The molecule has 0 fully saturated rings. The van der Waals surface area contributed by atoms with E-state index in [0.29, 0.717) is 23.0 Å². The number of ether oxygens (including phenoxy) is 1. The Morgan fingerprint density at radius 1 is 1.35 bits per heavy atom. The van der Waals surface area contributed by atoms with Crippen LogP contribution in [0.2, 0.25) is 5.02 Å². The fourth-order valence-electron chi connectivity index (χ4n) is 1.75. The zero-order valence-corrected chi connectivity index (χ0v) is 11.8. The predicted octanol–water partition coefficient (Wildman–Crippen LogP) is 3.47. The van der Waals surface area contributed by atoms with Gasteiger partial charge in [0.15, 0.2) is 5.82 Å². The SMILES string of the molecule is CC(C)c1c(NN)ncnc1Oc1ccc(Cl)c(F)c1. The average molecular weight is 297 g/mol. The van der Waals surface area contributed by atoms with E-state index in [4.69, 9.17) is 22.2 Å². The molecule has 0 aliphatic heterocycles. The number of hydrogen-bond donors (Lipinski definition) is 2. The standard InChI is InChI=1S/C13H14ClFN4O/c1-7(2)11-12(19-16)17-6-18-13(11)20-8-3-4-9(14)10(15)5-8/h3-7H,16H2,1-2H3,(H,17,18,19). The molecular formula is C13H14ClFN4O. The zero-order valence-electron chi connectivity index (χ0n) is 11.0. The Morgan fingerprint density at radius 3 is 2.70 bits per heavy atom. The molecule has 0 saturated carbocycles. The molecule has 0 unspecified atom stereocenters. The normalized spacial score (nSPS) is 10.7. The second-order valence-electron chi connectivity index (χ2n) is 4.42. The number of anilines is 1. The van der Waals surface area contributed by atoms with Crippen LogP contribution >= 0.6 is 11.6 Å². The Morgan fingerprint density at radius 2 is 2.10 bits per heavy atom. The van der Waals surface area contributed by atoms with E-state index < -0.39 is 5.82 Å². The van der Waals surface area contributed by atoms with Crippen molar-refractivity contribution in [3.8, 4) is 11.6 Å². The molecule has 20 heavy (non-hydrogen) atoms. The highest BCUT2D eigenvalue weighted by molar-refractivity contribution is 6.30. The predicted molar refractivity (Wildman–Crippen MR) is 75.4 cm³/mol. The first-order valence-corrected chi connectivity index (χ1v) is 6.35. The summed E-state index contributed by atoms with van der Waals surface area (Å²) >= 11 is 5.63. The van der Waals surface area contributed by atoms with Gasteiger partial charge < -0.3 is 10.2 Å². The Labute approximate surface area is 120 Å². The molecule has 2 rings (SSSR count). The van der Waals surface area contributed by atoms with Gasteiger partial charge in [-0.05, 0) is 18.1 Å². The number of hydrazine groups is 1. The maximum absolute atomic E-state index is 13.4. The van der Waals surface area contributed by atoms with Crippen molar-refractivity contribution < 1.29 is 9.13 Å². The zero-order chi connectivity index (χ0) is 14.7. The maximum atomic E-state index is 13.4. The molecule has 0 atom stereocenters. The lowest BCUT2D eigenvalue weighted by atomic mass is 10.1. The van der Waals surface area contributed by atoms with Gasteiger partial charge in [-0.15, -0.1) is 0 Å². The summed E-state index contributed by atoms with van der Waals surface area (Å²) in [5.74, 6) is 6.04. The topological polar surface area (TPSA) is 73.1 Å². The van der Waals surface area contributed by atoms with Gasteiger partial charge in [0.25, 0.3) is 0 Å². The Kier molecular flexibility index (Phi) is 4.36. The summed E-state index contributed by atoms with van der Waals surface area (Å²) in [6, 6.07) is 4.18. The van der Waals surface area contributed by atoms with Gasteiger partial charge in [0.05, 0.1) is 10.6 Å². The molecule has 0 bridgehead atoms. The highest BCUT2D eigenvalue weighted by Crippen LogP contribution is 2.33. The molecule has 0 saturated heterocycles. The number of nitrogen functional groups attached to an aromatic ring is 1. The molecule has 1 aromatic heterocycles. The Balaban J connectivity index is 2.40. The van der Waals surface area contributed by atoms with Gasteiger partial charge in [-0.1, -0.05) is 25.4 Å². The molecule has 1 heterocycles. The first-order chi connectivity index (χ1) is 9.52. The third kappa shape index (κ3) is 2.97. The van der Waals surface area contributed by atoms with Gasteiger partial charge in [-0.25, -0.2) is 20.2 Å². The van der Waals surface area contributed by atoms with Gasteiger partial charge in [0.2, 0.25) is 5.88 Å². The van der Waals surface area contributed by atoms with Crippen molar-refractivity contribution in [2.45, 2.75) is 19.8 Å². The minimum Gasteiger partial charge on any atom is -0.438 e. The fourth-order valence-corrected chi connectivity index (χ4v) is 1.87. The molecule has 106 valence electrons. The highest BCUT2D eigenvalue weighted by atomic mass is 35.5. The fraction of sp³-hybridized carbons (Fsp3) is 0.231. The van der Waals surface area contributed by atoms with Crippen LogP contribution in [-0.4, -0.2) is 9.97 Å². The summed E-state index contributed by atoms with van der Waals surface area (Å²) < 4.78 is 19.0. The van der Waals surface area contributed by atoms with Crippen molar-refractivity contribution in [3.05, 3.63) is 40.9 Å². The van der Waals surface area contributed by atoms with Crippen molar-refractivity contribution in [3.63, 3.8) is 0 Å². The molecule has 7 heteroatoms. The van der Waals surface area contributed by atoms with Gasteiger partial charge in [-0.2, -0.15) is 0 Å². The lowest BCUT2D eigenvalue weighted by molar-refractivity contribution is 0.447. The minimum atomic E-state index is -0.554. The molecule has 0 amide bonds. The Hall–Kier alpha value is -1.92. The molecule has 5 nitrogen and oxygen atoms in total. The molecule has 0 radical (unpaired) electrons. The van der Waals surface area contributed by atoms with Crippen LogP contribution in [0.15, 0.2) is 24.5 Å². The number of aromatic nitrogens is 2. The summed E-state index contributed by atoms with van der Waals surface area (Å²) in [7, 11) is 0. The van der Waals surface area contributed by atoms with Crippen LogP contribution in [0.3, 0.4) is 0 Å². The van der Waals surface area contributed by atoms with E-state index in [0.717, 1.165) is 0 Å². The number of benzene rings is 1. The van der Waals surface area contributed by atoms with E-state index in [-0.39, 0.29) is 10.9 Å². The maximum Gasteiger partial charge on any atom is 0.227 e. The summed E-state index contributed by atoms with van der Waals surface area (Å²) in [6.45, 7) is 3.91. The van der Waals surface area contributed by atoms with Gasteiger partial charge >= 0.3 is 0 Å². The number of hydrogen-bond acceptors (Lipinski definition) is 5. The van der Waals surface area contributed by atoms with E-state index in [9.17, 15) is 4.39 Å². The highest BCUT2D eigenvalue weighted by Gasteiger charge is 2.16. The van der Waals surface area contributed by atoms with E-state index >= 15 is 0 Å². The first kappa shape index (κ1) is 14.5. The number of nitrogens with two attached hydrogens (primary N) is 1. The first-order valence-electron chi connectivity index (χ1n) is 5.97. The van der Waals surface area contributed by atoms with Crippen molar-refractivity contribution in [2.24, 2.45) is 5.84 Å². The van der Waals surface area contributed by atoms with E-state index in [1.807, 2.05) is 13.8 Å². The molecule has 0 aliphatic rings. The van der Waals surface area contributed by atoms with Crippen LogP contribution < -0.4 is 16.0 Å². The number of nitrogens with zero attached hydrogens (tertiary/aromatic N) is 2. The molecular weight excluding hydrogens is 283 g/mol. The van der Waals surface area contributed by atoms with Crippen LogP contribution in [0.4, 0.5) is 10.2 Å². The lowest BCUT2D eigenvalue weighted by Gasteiger charge is -2.15. The van der Waals surface area contributed by atoms with Crippen LogP contribution in [0.5, 0.6) is 11.6 Å². The molecule has 0 aliphatic carbocycles. The summed E-state index contributed by atoms with van der Waals surface area (Å²) in [5.41, 5.74) is 3.21. The third-order valence-corrected chi connectivity index (χ3v) is 2.97. The quantitative estimate of drug-likeness (QED) is 0.667. The second-order valence-corrected chi connectivity index (χ2v) is 4.83. The third-order valence-electron chi connectivity index (χ3n) is 2.67. The number of halogens is 2. The number of nitrogens with one attached hydrogen (secondary N) is 1. The van der Waals surface area contributed by atoms with Gasteiger partial charge in [-0.3, -0.25) is 0 Å². The molecule has 2 aromatic rings. The van der Waals surface area contributed by atoms with Crippen molar-refractivity contribution >= 4 is 17.4 Å².